The van der Waals surface area contributed by atoms with Gasteiger partial charge in [-0.3, -0.25) is 4.79 Å². The largest absolute Gasteiger partial charge is 0.370 e. The van der Waals surface area contributed by atoms with Gasteiger partial charge in [0.1, 0.15) is 0 Å². The molecule has 0 spiro atoms. The molecule has 0 aliphatic heterocycles. The second kappa shape index (κ2) is 8.53. The summed E-state index contributed by atoms with van der Waals surface area (Å²) in [4.78, 5) is 17.7. The van der Waals surface area contributed by atoms with Gasteiger partial charge in [-0.25, -0.2) is 0 Å². The Morgan fingerprint density at radius 2 is 1.33 bits per heavy atom. The van der Waals surface area contributed by atoms with Gasteiger partial charge in [0.15, 0.2) is 5.78 Å². The minimum Gasteiger partial charge on any atom is -0.370 e. The average molecular weight is 324 g/mol. The van der Waals surface area contributed by atoms with Gasteiger partial charge < -0.3 is 9.80 Å². The molecule has 0 aromatic heterocycles. The van der Waals surface area contributed by atoms with Crippen molar-refractivity contribution in [3.05, 3.63) is 59.7 Å². The molecule has 2 aromatic rings. The van der Waals surface area contributed by atoms with Gasteiger partial charge in [-0.1, -0.05) is 36.4 Å². The molecule has 0 saturated heterocycles. The number of hydrogen-bond acceptors (Lipinski definition) is 3. The molecule has 0 bridgehead atoms. The molecule has 0 aliphatic carbocycles. The van der Waals surface area contributed by atoms with Crippen LogP contribution in [0, 0.1) is 0 Å². The third-order valence-electron chi connectivity index (χ3n) is 4.48. The van der Waals surface area contributed by atoms with E-state index in [-0.39, 0.29) is 5.78 Å². The summed E-state index contributed by atoms with van der Waals surface area (Å²) in [6, 6.07) is 15.6. The molecule has 3 nitrogen and oxygen atoms in total. The lowest BCUT2D eigenvalue weighted by Gasteiger charge is -2.31. The van der Waals surface area contributed by atoms with Gasteiger partial charge in [0.2, 0.25) is 0 Å². The van der Waals surface area contributed by atoms with Crippen molar-refractivity contribution in [3.8, 4) is 0 Å². The third kappa shape index (κ3) is 3.61. The first-order valence-corrected chi connectivity index (χ1v) is 8.90. The van der Waals surface area contributed by atoms with Gasteiger partial charge in [0.25, 0.3) is 0 Å². The van der Waals surface area contributed by atoms with Crippen LogP contribution in [-0.2, 0) is 0 Å². The van der Waals surface area contributed by atoms with Crippen molar-refractivity contribution in [2.24, 2.45) is 0 Å². The minimum atomic E-state index is 0.0894. The fourth-order valence-corrected chi connectivity index (χ4v) is 3.15. The van der Waals surface area contributed by atoms with Crippen LogP contribution < -0.4 is 9.80 Å². The molecule has 24 heavy (non-hydrogen) atoms. The molecule has 0 radical (unpaired) electrons. The standard InChI is InChI=1S/C21H28N2O/c1-5-22(6-2)19-16-12-15-18(20(19)23(7-3)8-4)21(24)17-13-10-9-11-14-17/h9-16H,5-8H2,1-4H3. The number of hydrogen-bond donors (Lipinski definition) is 0. The summed E-state index contributed by atoms with van der Waals surface area (Å²) in [5, 5.41) is 0. The van der Waals surface area contributed by atoms with Crippen LogP contribution >= 0.6 is 0 Å². The average Bonchev–Trinajstić information content (AvgIpc) is 2.64. The molecular weight excluding hydrogens is 296 g/mol. The van der Waals surface area contributed by atoms with Gasteiger partial charge in [0.05, 0.1) is 11.4 Å². The van der Waals surface area contributed by atoms with Crippen molar-refractivity contribution in [3.63, 3.8) is 0 Å². The van der Waals surface area contributed by atoms with E-state index in [2.05, 4.69) is 43.6 Å². The van der Waals surface area contributed by atoms with Crippen LogP contribution in [-0.4, -0.2) is 32.0 Å². The first kappa shape index (κ1) is 18.1. The molecule has 0 unspecified atom stereocenters. The molecule has 0 heterocycles. The lowest BCUT2D eigenvalue weighted by Crippen LogP contribution is -2.30. The van der Waals surface area contributed by atoms with Crippen LogP contribution in [0.4, 0.5) is 11.4 Å². The van der Waals surface area contributed by atoms with E-state index >= 15 is 0 Å². The van der Waals surface area contributed by atoms with Crippen LogP contribution in [0.2, 0.25) is 0 Å². The molecular formula is C21H28N2O. The van der Waals surface area contributed by atoms with Crippen LogP contribution in [0.5, 0.6) is 0 Å². The smallest absolute Gasteiger partial charge is 0.195 e. The highest BCUT2D eigenvalue weighted by atomic mass is 16.1. The lowest BCUT2D eigenvalue weighted by molar-refractivity contribution is 0.103. The van der Waals surface area contributed by atoms with E-state index in [1.165, 1.54) is 0 Å². The summed E-state index contributed by atoms with van der Waals surface area (Å²) < 4.78 is 0. The van der Waals surface area contributed by atoms with Gasteiger partial charge >= 0.3 is 0 Å². The van der Waals surface area contributed by atoms with Crippen molar-refractivity contribution >= 4 is 17.2 Å². The molecule has 0 saturated carbocycles. The summed E-state index contributed by atoms with van der Waals surface area (Å²) in [6.07, 6.45) is 0. The Balaban J connectivity index is 2.62. The maximum Gasteiger partial charge on any atom is 0.195 e. The zero-order valence-electron chi connectivity index (χ0n) is 15.2. The monoisotopic (exact) mass is 324 g/mol. The molecule has 0 N–H and O–H groups in total. The maximum absolute atomic E-state index is 13.1. The topological polar surface area (TPSA) is 23.6 Å². The summed E-state index contributed by atoms with van der Waals surface area (Å²) in [6.45, 7) is 12.2. The van der Waals surface area contributed by atoms with Crippen molar-refractivity contribution in [2.45, 2.75) is 27.7 Å². The number of carbonyl (C=O) groups is 1. The van der Waals surface area contributed by atoms with E-state index in [1.54, 1.807) is 0 Å². The number of carbonyl (C=O) groups excluding carboxylic acids is 1. The maximum atomic E-state index is 13.1. The molecule has 0 amide bonds. The predicted molar refractivity (Wildman–Crippen MR) is 103 cm³/mol. The van der Waals surface area contributed by atoms with E-state index in [9.17, 15) is 4.79 Å². The number of ketones is 1. The quantitative estimate of drug-likeness (QED) is 0.663. The molecule has 3 heteroatoms. The van der Waals surface area contributed by atoms with Crippen LogP contribution in [0.1, 0.15) is 43.6 Å². The second-order valence-corrected chi connectivity index (χ2v) is 5.71. The number of anilines is 2. The van der Waals surface area contributed by atoms with E-state index < -0.39 is 0 Å². The highest BCUT2D eigenvalue weighted by Crippen LogP contribution is 2.34. The zero-order chi connectivity index (χ0) is 17.5. The van der Waals surface area contributed by atoms with Crippen LogP contribution in [0.15, 0.2) is 48.5 Å². The minimum absolute atomic E-state index is 0.0894. The van der Waals surface area contributed by atoms with Gasteiger partial charge in [-0.05, 0) is 39.8 Å². The fraction of sp³-hybridized carbons (Fsp3) is 0.381. The van der Waals surface area contributed by atoms with Crippen LogP contribution in [0.3, 0.4) is 0 Å². The van der Waals surface area contributed by atoms with Crippen molar-refractivity contribution in [2.75, 3.05) is 36.0 Å². The van der Waals surface area contributed by atoms with Crippen molar-refractivity contribution < 1.29 is 4.79 Å². The SMILES string of the molecule is CCN(CC)c1cccc(C(=O)c2ccccc2)c1N(CC)CC. The zero-order valence-corrected chi connectivity index (χ0v) is 15.2. The van der Waals surface area contributed by atoms with E-state index in [0.29, 0.717) is 0 Å². The molecule has 0 atom stereocenters. The molecule has 0 fully saturated rings. The third-order valence-corrected chi connectivity index (χ3v) is 4.48. The Labute approximate surface area is 145 Å². The summed E-state index contributed by atoms with van der Waals surface area (Å²) >= 11 is 0. The fourth-order valence-electron chi connectivity index (χ4n) is 3.15. The van der Waals surface area contributed by atoms with Gasteiger partial charge in [-0.15, -0.1) is 0 Å². The highest BCUT2D eigenvalue weighted by molar-refractivity contribution is 6.14. The lowest BCUT2D eigenvalue weighted by atomic mass is 9.99. The van der Waals surface area contributed by atoms with E-state index in [4.69, 9.17) is 0 Å². The summed E-state index contributed by atoms with van der Waals surface area (Å²) in [7, 11) is 0. The summed E-state index contributed by atoms with van der Waals surface area (Å²) in [5.74, 6) is 0.0894. The summed E-state index contributed by atoms with van der Waals surface area (Å²) in [5.41, 5.74) is 3.72. The Kier molecular flexibility index (Phi) is 6.42. The van der Waals surface area contributed by atoms with Crippen LogP contribution in [0.25, 0.3) is 0 Å². The molecule has 2 rings (SSSR count). The number of nitrogens with zero attached hydrogens (tertiary/aromatic N) is 2. The van der Waals surface area contributed by atoms with Gasteiger partial charge in [-0.2, -0.15) is 0 Å². The van der Waals surface area contributed by atoms with Gasteiger partial charge in [0, 0.05) is 37.3 Å². The molecule has 0 aliphatic rings. The van der Waals surface area contributed by atoms with Crippen molar-refractivity contribution in [1.29, 1.82) is 0 Å². The Bertz CT molecular complexity index is 659. The van der Waals surface area contributed by atoms with E-state index in [1.807, 2.05) is 42.5 Å². The molecule has 128 valence electrons. The normalized spacial score (nSPS) is 10.5. The number of benzene rings is 2. The van der Waals surface area contributed by atoms with E-state index in [0.717, 1.165) is 48.7 Å². The molecule has 2 aromatic carbocycles. The predicted octanol–water partition coefficient (Wildman–Crippen LogP) is 4.61. The Morgan fingerprint density at radius 3 is 1.88 bits per heavy atom. The first-order valence-electron chi connectivity index (χ1n) is 8.90. The highest BCUT2D eigenvalue weighted by Gasteiger charge is 2.21. The number of para-hydroxylation sites is 1. The Hall–Kier alpha value is -2.29. The number of rotatable bonds is 8. The first-order chi connectivity index (χ1) is 11.7. The van der Waals surface area contributed by atoms with Crippen molar-refractivity contribution in [1.82, 2.24) is 0 Å². The Morgan fingerprint density at radius 1 is 0.750 bits per heavy atom. The second-order valence-electron chi connectivity index (χ2n) is 5.71.